The minimum Gasteiger partial charge on any atom is -0.506 e. The van der Waals surface area contributed by atoms with E-state index in [9.17, 15) is 9.90 Å². The van der Waals surface area contributed by atoms with Crippen molar-refractivity contribution in [3.05, 3.63) is 23.5 Å². The second-order valence-corrected chi connectivity index (χ2v) is 4.36. The Morgan fingerprint density at radius 2 is 2.29 bits per heavy atom. The van der Waals surface area contributed by atoms with Gasteiger partial charge in [-0.05, 0) is 31.9 Å². The SMILES string of the molecule is Cc1ccc(O)c(CNCC(=O)NC2CC2)n1. The van der Waals surface area contributed by atoms with Gasteiger partial charge in [0.25, 0.3) is 0 Å². The van der Waals surface area contributed by atoms with Crippen LogP contribution in [0, 0.1) is 6.92 Å². The Bertz CT molecular complexity index is 416. The zero-order valence-electron chi connectivity index (χ0n) is 9.86. The summed E-state index contributed by atoms with van der Waals surface area (Å²) in [6, 6.07) is 3.75. The molecule has 0 atom stereocenters. The fourth-order valence-corrected chi connectivity index (χ4v) is 1.53. The number of hydrogen-bond donors (Lipinski definition) is 3. The van der Waals surface area contributed by atoms with Crippen LogP contribution in [0.25, 0.3) is 0 Å². The molecule has 5 heteroatoms. The lowest BCUT2D eigenvalue weighted by atomic mass is 10.3. The van der Waals surface area contributed by atoms with Crippen LogP contribution >= 0.6 is 0 Å². The van der Waals surface area contributed by atoms with Crippen LogP contribution in [0.3, 0.4) is 0 Å². The summed E-state index contributed by atoms with van der Waals surface area (Å²) in [7, 11) is 0. The van der Waals surface area contributed by atoms with E-state index in [4.69, 9.17) is 0 Å². The lowest BCUT2D eigenvalue weighted by molar-refractivity contribution is -0.120. The van der Waals surface area contributed by atoms with E-state index in [1.54, 1.807) is 12.1 Å². The molecule has 1 heterocycles. The highest BCUT2D eigenvalue weighted by Gasteiger charge is 2.22. The number of aryl methyl sites for hydroxylation is 1. The van der Waals surface area contributed by atoms with E-state index in [-0.39, 0.29) is 18.2 Å². The third-order valence-electron chi connectivity index (χ3n) is 2.61. The second-order valence-electron chi connectivity index (χ2n) is 4.36. The fraction of sp³-hybridized carbons (Fsp3) is 0.500. The van der Waals surface area contributed by atoms with Crippen LogP contribution in [0.15, 0.2) is 12.1 Å². The molecule has 0 aliphatic heterocycles. The Morgan fingerprint density at radius 3 is 3.00 bits per heavy atom. The van der Waals surface area contributed by atoms with Crippen LogP contribution in [-0.2, 0) is 11.3 Å². The summed E-state index contributed by atoms with van der Waals surface area (Å²) >= 11 is 0. The molecule has 1 aliphatic rings. The minimum atomic E-state index is -0.000331. The largest absolute Gasteiger partial charge is 0.506 e. The summed E-state index contributed by atoms with van der Waals surface area (Å²) in [6.07, 6.45) is 2.18. The van der Waals surface area contributed by atoms with Gasteiger partial charge >= 0.3 is 0 Å². The Kier molecular flexibility index (Phi) is 3.58. The molecule has 17 heavy (non-hydrogen) atoms. The molecule has 0 aromatic carbocycles. The molecular formula is C12H17N3O2. The third kappa shape index (κ3) is 3.71. The lowest BCUT2D eigenvalue weighted by Crippen LogP contribution is -2.34. The van der Waals surface area contributed by atoms with Crippen molar-refractivity contribution < 1.29 is 9.90 Å². The summed E-state index contributed by atoms with van der Waals surface area (Å²) in [4.78, 5) is 15.6. The van der Waals surface area contributed by atoms with Crippen LogP contribution in [0.4, 0.5) is 0 Å². The van der Waals surface area contributed by atoms with Gasteiger partial charge in [0.05, 0.1) is 12.2 Å². The highest BCUT2D eigenvalue weighted by atomic mass is 16.3. The summed E-state index contributed by atoms with van der Waals surface area (Å²) in [5.74, 6) is 0.158. The van der Waals surface area contributed by atoms with Crippen molar-refractivity contribution in [2.45, 2.75) is 32.4 Å². The first-order valence-electron chi connectivity index (χ1n) is 5.81. The number of rotatable bonds is 5. The second kappa shape index (κ2) is 5.14. The number of pyridine rings is 1. The molecule has 5 nitrogen and oxygen atoms in total. The van der Waals surface area contributed by atoms with Gasteiger partial charge in [0.1, 0.15) is 5.75 Å². The van der Waals surface area contributed by atoms with Crippen LogP contribution in [0.2, 0.25) is 0 Å². The predicted molar refractivity (Wildman–Crippen MR) is 63.5 cm³/mol. The highest BCUT2D eigenvalue weighted by molar-refractivity contribution is 5.78. The standard InChI is InChI=1S/C12H17N3O2/c1-8-2-5-11(16)10(14-8)6-13-7-12(17)15-9-3-4-9/h2,5,9,13,16H,3-4,6-7H2,1H3,(H,15,17). The molecule has 1 fully saturated rings. The molecule has 1 aromatic rings. The number of carbonyl (C=O) groups is 1. The van der Waals surface area contributed by atoms with Crippen molar-refractivity contribution >= 4 is 5.91 Å². The van der Waals surface area contributed by atoms with Gasteiger partial charge in [-0.2, -0.15) is 0 Å². The van der Waals surface area contributed by atoms with Gasteiger partial charge in [-0.15, -0.1) is 0 Å². The van der Waals surface area contributed by atoms with Gasteiger partial charge in [-0.3, -0.25) is 9.78 Å². The Hall–Kier alpha value is -1.62. The first-order valence-corrected chi connectivity index (χ1v) is 5.81. The summed E-state index contributed by atoms with van der Waals surface area (Å²) < 4.78 is 0. The average molecular weight is 235 g/mol. The van der Waals surface area contributed by atoms with Crippen LogP contribution in [-0.4, -0.2) is 28.6 Å². The van der Waals surface area contributed by atoms with E-state index in [1.165, 1.54) is 0 Å². The number of aromatic hydroxyl groups is 1. The molecular weight excluding hydrogens is 218 g/mol. The predicted octanol–water partition coefficient (Wildman–Crippen LogP) is 0.464. The van der Waals surface area contributed by atoms with Crippen molar-refractivity contribution in [3.8, 4) is 5.75 Å². The average Bonchev–Trinajstić information content (AvgIpc) is 3.07. The maximum absolute atomic E-state index is 11.4. The number of amides is 1. The molecule has 0 radical (unpaired) electrons. The summed E-state index contributed by atoms with van der Waals surface area (Å²) in [6.45, 7) is 2.51. The topological polar surface area (TPSA) is 74.2 Å². The van der Waals surface area contributed by atoms with Crippen molar-refractivity contribution in [2.24, 2.45) is 0 Å². The summed E-state index contributed by atoms with van der Waals surface area (Å²) in [5, 5.41) is 15.4. The van der Waals surface area contributed by atoms with Crippen LogP contribution in [0.1, 0.15) is 24.2 Å². The van der Waals surface area contributed by atoms with Gasteiger partial charge < -0.3 is 15.7 Å². The van der Waals surface area contributed by atoms with Crippen molar-refractivity contribution in [1.82, 2.24) is 15.6 Å². The molecule has 92 valence electrons. The lowest BCUT2D eigenvalue weighted by Gasteiger charge is -2.07. The first-order chi connectivity index (χ1) is 8.15. The smallest absolute Gasteiger partial charge is 0.234 e. The zero-order valence-corrected chi connectivity index (χ0v) is 9.86. The third-order valence-corrected chi connectivity index (χ3v) is 2.61. The van der Waals surface area contributed by atoms with Crippen LogP contribution < -0.4 is 10.6 Å². The maximum Gasteiger partial charge on any atom is 0.234 e. The van der Waals surface area contributed by atoms with E-state index >= 15 is 0 Å². The molecule has 0 unspecified atom stereocenters. The van der Waals surface area contributed by atoms with Crippen molar-refractivity contribution in [1.29, 1.82) is 0 Å². The molecule has 0 saturated heterocycles. The normalized spacial score (nSPS) is 14.6. The van der Waals surface area contributed by atoms with E-state index in [1.807, 2.05) is 6.92 Å². The van der Waals surface area contributed by atoms with Gasteiger partial charge in [0.2, 0.25) is 5.91 Å². The number of hydrogen-bond acceptors (Lipinski definition) is 4. The first kappa shape index (κ1) is 11.9. The Morgan fingerprint density at radius 1 is 1.53 bits per heavy atom. The van der Waals surface area contributed by atoms with E-state index in [0.717, 1.165) is 18.5 Å². The van der Waals surface area contributed by atoms with E-state index in [2.05, 4.69) is 15.6 Å². The number of nitrogens with one attached hydrogen (secondary N) is 2. The minimum absolute atomic E-state index is 0.000331. The molecule has 1 aromatic heterocycles. The monoisotopic (exact) mass is 235 g/mol. The zero-order chi connectivity index (χ0) is 12.3. The molecule has 3 N–H and O–H groups in total. The quantitative estimate of drug-likeness (QED) is 0.693. The fourth-order valence-electron chi connectivity index (χ4n) is 1.53. The van der Waals surface area contributed by atoms with E-state index < -0.39 is 0 Å². The molecule has 2 rings (SSSR count). The molecule has 1 amide bonds. The van der Waals surface area contributed by atoms with Gasteiger partial charge in [-0.1, -0.05) is 0 Å². The summed E-state index contributed by atoms with van der Waals surface area (Å²) in [5.41, 5.74) is 1.42. The molecule has 1 aliphatic carbocycles. The van der Waals surface area contributed by atoms with Crippen molar-refractivity contribution in [3.63, 3.8) is 0 Å². The van der Waals surface area contributed by atoms with Crippen LogP contribution in [0.5, 0.6) is 5.75 Å². The van der Waals surface area contributed by atoms with Gasteiger partial charge in [-0.25, -0.2) is 0 Å². The number of aromatic nitrogens is 1. The Labute approximate surface area is 100 Å². The Balaban J connectivity index is 1.76. The van der Waals surface area contributed by atoms with Gasteiger partial charge in [0.15, 0.2) is 0 Å². The molecule has 0 bridgehead atoms. The van der Waals surface area contributed by atoms with Crippen molar-refractivity contribution in [2.75, 3.05) is 6.54 Å². The highest BCUT2D eigenvalue weighted by Crippen LogP contribution is 2.18. The van der Waals surface area contributed by atoms with Gasteiger partial charge in [0, 0.05) is 18.3 Å². The van der Waals surface area contributed by atoms with E-state index in [0.29, 0.717) is 18.3 Å². The molecule has 0 spiro atoms. The maximum atomic E-state index is 11.4. The number of nitrogens with zero attached hydrogens (tertiary/aromatic N) is 1. The molecule has 1 saturated carbocycles. The number of carbonyl (C=O) groups excluding carboxylic acids is 1.